The van der Waals surface area contributed by atoms with Crippen LogP contribution in [0.1, 0.15) is 79.1 Å². The molecule has 2 aromatic rings. The fraction of sp³-hybridized carbons (Fsp3) is 0.632. The molecule has 0 saturated heterocycles. The molecule has 2 rings (SSSR count). The van der Waals surface area contributed by atoms with Crippen LogP contribution in [0.5, 0.6) is 0 Å². The minimum Gasteiger partial charge on any atom is -0.241 e. The molecule has 21 heavy (non-hydrogen) atoms. The van der Waals surface area contributed by atoms with Gasteiger partial charge in [-0.25, -0.2) is 4.98 Å². The maximum atomic E-state index is 5.07. The van der Waals surface area contributed by atoms with Crippen molar-refractivity contribution in [3.8, 4) is 0 Å². The Morgan fingerprint density at radius 3 is 1.71 bits per heavy atom. The number of nitrogens with zero attached hydrogens (tertiary/aromatic N) is 1. The van der Waals surface area contributed by atoms with Crippen LogP contribution in [-0.4, -0.2) is 4.98 Å². The number of hydrogen-bond acceptors (Lipinski definition) is 2. The van der Waals surface area contributed by atoms with Gasteiger partial charge in [-0.05, 0) is 33.4 Å². The largest absolute Gasteiger partial charge is 0.241 e. The van der Waals surface area contributed by atoms with Crippen molar-refractivity contribution in [1.29, 1.82) is 0 Å². The Kier molecular flexibility index (Phi) is 3.77. The van der Waals surface area contributed by atoms with E-state index >= 15 is 0 Å². The lowest BCUT2D eigenvalue weighted by molar-refractivity contribution is 0.516. The Balaban J connectivity index is 2.84. The molecule has 0 aliphatic carbocycles. The second kappa shape index (κ2) is 4.81. The molecule has 0 fully saturated rings. The zero-order valence-electron chi connectivity index (χ0n) is 15.0. The van der Waals surface area contributed by atoms with Crippen LogP contribution in [0.2, 0.25) is 0 Å². The standard InChI is InChI=1S/C19H29NS/c1-17(2,3)13-10-12-14(18(4,5)6)11-21-16(12)20-15(13)19(7,8)9/h10-11H,1-9H3. The maximum Gasteiger partial charge on any atom is 0.123 e. The zero-order valence-corrected chi connectivity index (χ0v) is 15.8. The van der Waals surface area contributed by atoms with E-state index in [1.54, 1.807) is 11.3 Å². The molecule has 2 aromatic heterocycles. The molecule has 0 amide bonds. The monoisotopic (exact) mass is 303 g/mol. The van der Waals surface area contributed by atoms with Gasteiger partial charge in [0.2, 0.25) is 0 Å². The molecule has 0 unspecified atom stereocenters. The molecule has 0 atom stereocenters. The van der Waals surface area contributed by atoms with Gasteiger partial charge in [0.25, 0.3) is 0 Å². The second-order valence-corrected chi connectivity index (χ2v) is 9.99. The molecule has 0 aliphatic rings. The first-order valence-electron chi connectivity index (χ1n) is 7.75. The predicted octanol–water partition coefficient (Wildman–Crippen LogP) is 6.19. The van der Waals surface area contributed by atoms with Gasteiger partial charge in [-0.2, -0.15) is 0 Å². The van der Waals surface area contributed by atoms with Gasteiger partial charge >= 0.3 is 0 Å². The highest BCUT2D eigenvalue weighted by Crippen LogP contribution is 2.40. The third-order valence-corrected chi connectivity index (χ3v) is 4.78. The van der Waals surface area contributed by atoms with Crippen LogP contribution in [0, 0.1) is 0 Å². The summed E-state index contributed by atoms with van der Waals surface area (Å²) < 4.78 is 0. The quantitative estimate of drug-likeness (QED) is 0.565. The van der Waals surface area contributed by atoms with Gasteiger partial charge in [0.05, 0.1) is 5.69 Å². The van der Waals surface area contributed by atoms with Gasteiger partial charge in [-0.3, -0.25) is 0 Å². The van der Waals surface area contributed by atoms with Crippen LogP contribution in [0.3, 0.4) is 0 Å². The van der Waals surface area contributed by atoms with Crippen LogP contribution in [0.4, 0.5) is 0 Å². The fourth-order valence-corrected chi connectivity index (χ4v) is 3.83. The molecular formula is C19H29NS. The summed E-state index contributed by atoms with van der Waals surface area (Å²) in [7, 11) is 0. The first-order chi connectivity index (χ1) is 9.32. The van der Waals surface area contributed by atoms with Crippen molar-refractivity contribution in [2.75, 3.05) is 0 Å². The van der Waals surface area contributed by atoms with Crippen LogP contribution in [0.25, 0.3) is 10.2 Å². The lowest BCUT2D eigenvalue weighted by Gasteiger charge is -2.29. The Labute approximate surface area is 133 Å². The van der Waals surface area contributed by atoms with Crippen molar-refractivity contribution < 1.29 is 0 Å². The zero-order chi connectivity index (χ0) is 16.2. The highest BCUT2D eigenvalue weighted by Gasteiger charge is 2.29. The highest BCUT2D eigenvalue weighted by atomic mass is 32.1. The van der Waals surface area contributed by atoms with Gasteiger partial charge in [0.15, 0.2) is 0 Å². The smallest absolute Gasteiger partial charge is 0.123 e. The number of rotatable bonds is 0. The summed E-state index contributed by atoms with van der Waals surface area (Å²) in [5, 5.41) is 3.63. The summed E-state index contributed by atoms with van der Waals surface area (Å²) in [6, 6.07) is 2.40. The number of hydrogen-bond donors (Lipinski definition) is 0. The predicted molar refractivity (Wildman–Crippen MR) is 95.7 cm³/mol. The lowest BCUT2D eigenvalue weighted by atomic mass is 9.77. The van der Waals surface area contributed by atoms with E-state index in [0.29, 0.717) is 0 Å². The van der Waals surface area contributed by atoms with Gasteiger partial charge in [-0.15, -0.1) is 11.3 Å². The molecule has 0 radical (unpaired) electrons. The van der Waals surface area contributed by atoms with E-state index in [9.17, 15) is 0 Å². The van der Waals surface area contributed by atoms with Crippen LogP contribution >= 0.6 is 11.3 Å². The summed E-state index contributed by atoms with van der Waals surface area (Å²) >= 11 is 1.78. The topological polar surface area (TPSA) is 12.9 Å². The second-order valence-electron chi connectivity index (χ2n) is 9.14. The molecule has 116 valence electrons. The van der Waals surface area contributed by atoms with E-state index in [0.717, 1.165) is 0 Å². The highest BCUT2D eigenvalue weighted by molar-refractivity contribution is 7.17. The van der Waals surface area contributed by atoms with E-state index < -0.39 is 0 Å². The molecule has 0 saturated carbocycles. The SMILES string of the molecule is CC(C)(C)c1cc2c(C(C)(C)C)csc2nc1C(C)(C)C. The number of thiophene rings is 1. The first kappa shape index (κ1) is 16.5. The third-order valence-electron chi connectivity index (χ3n) is 3.89. The Morgan fingerprint density at radius 2 is 1.29 bits per heavy atom. The van der Waals surface area contributed by atoms with Gasteiger partial charge in [0, 0.05) is 10.8 Å². The van der Waals surface area contributed by atoms with E-state index in [4.69, 9.17) is 4.98 Å². The van der Waals surface area contributed by atoms with Crippen molar-refractivity contribution in [3.63, 3.8) is 0 Å². The molecule has 2 heteroatoms. The molecule has 0 N–H and O–H groups in total. The summed E-state index contributed by atoms with van der Waals surface area (Å²) in [6.45, 7) is 20.5. The maximum absolute atomic E-state index is 5.07. The summed E-state index contributed by atoms with van der Waals surface area (Å²) in [6.07, 6.45) is 0. The Hall–Kier alpha value is -0.890. The van der Waals surface area contributed by atoms with Crippen molar-refractivity contribution >= 4 is 21.6 Å². The van der Waals surface area contributed by atoms with Crippen LogP contribution in [-0.2, 0) is 16.2 Å². The van der Waals surface area contributed by atoms with Crippen LogP contribution in [0.15, 0.2) is 11.4 Å². The van der Waals surface area contributed by atoms with Crippen molar-refractivity contribution in [2.24, 2.45) is 0 Å². The Morgan fingerprint density at radius 1 is 0.762 bits per heavy atom. The number of aromatic nitrogens is 1. The third kappa shape index (κ3) is 3.15. The van der Waals surface area contributed by atoms with Gasteiger partial charge in [0.1, 0.15) is 4.83 Å². The molecule has 1 nitrogen and oxygen atoms in total. The number of fused-ring (bicyclic) bond motifs is 1. The van der Waals surface area contributed by atoms with Crippen LogP contribution < -0.4 is 0 Å². The molecule has 0 aromatic carbocycles. The summed E-state index contributed by atoms with van der Waals surface area (Å²) in [5.41, 5.74) is 4.39. The van der Waals surface area contributed by atoms with Crippen molar-refractivity contribution in [3.05, 3.63) is 28.3 Å². The molecule has 2 heterocycles. The first-order valence-corrected chi connectivity index (χ1v) is 8.63. The van der Waals surface area contributed by atoms with Crippen molar-refractivity contribution in [1.82, 2.24) is 4.98 Å². The minimum absolute atomic E-state index is 0.0721. The van der Waals surface area contributed by atoms with Gasteiger partial charge in [-0.1, -0.05) is 62.3 Å². The summed E-state index contributed by atoms with van der Waals surface area (Å²) in [4.78, 5) is 6.24. The van der Waals surface area contributed by atoms with E-state index in [1.165, 1.54) is 27.0 Å². The van der Waals surface area contributed by atoms with E-state index in [2.05, 4.69) is 73.8 Å². The average molecular weight is 304 g/mol. The Bertz CT molecular complexity index is 658. The number of pyridine rings is 1. The van der Waals surface area contributed by atoms with E-state index in [-0.39, 0.29) is 16.2 Å². The van der Waals surface area contributed by atoms with Crippen molar-refractivity contribution in [2.45, 2.75) is 78.6 Å². The molecule has 0 aliphatic heterocycles. The molecule has 0 spiro atoms. The molecule has 0 bridgehead atoms. The molecular weight excluding hydrogens is 274 g/mol. The summed E-state index contributed by atoms with van der Waals surface area (Å²) in [5.74, 6) is 0. The normalized spacial score (nSPS) is 14.0. The average Bonchev–Trinajstić information content (AvgIpc) is 2.66. The minimum atomic E-state index is 0.0721. The van der Waals surface area contributed by atoms with E-state index in [1.807, 2.05) is 0 Å². The van der Waals surface area contributed by atoms with Gasteiger partial charge < -0.3 is 0 Å². The lowest BCUT2D eigenvalue weighted by Crippen LogP contribution is -2.23. The fourth-order valence-electron chi connectivity index (χ4n) is 2.68.